The third-order valence-electron chi connectivity index (χ3n) is 3.38. The zero-order valence-electron chi connectivity index (χ0n) is 15.8. The molecule has 3 amide bonds. The van der Waals surface area contributed by atoms with Gasteiger partial charge in [-0.05, 0) is 31.5 Å². The second-order valence-electron chi connectivity index (χ2n) is 5.75. The molecule has 0 fully saturated rings. The summed E-state index contributed by atoms with van der Waals surface area (Å²) in [6, 6.07) is 4.30. The minimum absolute atomic E-state index is 0.0572. The van der Waals surface area contributed by atoms with Gasteiger partial charge in [-0.1, -0.05) is 11.6 Å². The second kappa shape index (κ2) is 11.7. The molecule has 10 nitrogen and oxygen atoms in total. The van der Waals surface area contributed by atoms with Crippen LogP contribution in [0.4, 0.5) is 21.1 Å². The Balaban J connectivity index is 1.84. The average molecular weight is 424 g/mol. The molecular formula is C18H22ClN5O5. The van der Waals surface area contributed by atoms with Crippen LogP contribution in [-0.2, 0) is 4.74 Å². The van der Waals surface area contributed by atoms with Gasteiger partial charge in [0.2, 0.25) is 0 Å². The van der Waals surface area contributed by atoms with Crippen molar-refractivity contribution in [3.63, 3.8) is 0 Å². The summed E-state index contributed by atoms with van der Waals surface area (Å²) in [5.41, 5.74) is 1.11. The van der Waals surface area contributed by atoms with Crippen LogP contribution in [0.25, 0.3) is 0 Å². The fourth-order valence-electron chi connectivity index (χ4n) is 2.09. The lowest BCUT2D eigenvalue weighted by atomic mass is 10.3. The number of hydrogen-bond donors (Lipinski definition) is 4. The monoisotopic (exact) mass is 423 g/mol. The smallest absolute Gasteiger partial charge is 0.407 e. The molecule has 0 aliphatic heterocycles. The number of nitrogens with one attached hydrogen (secondary N) is 3. The predicted octanol–water partition coefficient (Wildman–Crippen LogP) is 2.57. The molecular weight excluding hydrogens is 402 g/mol. The number of nitrogens with zero attached hydrogens (tertiary/aromatic N) is 2. The molecule has 0 atom stereocenters. The summed E-state index contributed by atoms with van der Waals surface area (Å²) in [7, 11) is 0. The van der Waals surface area contributed by atoms with Gasteiger partial charge in [-0.3, -0.25) is 10.3 Å². The van der Waals surface area contributed by atoms with Crippen molar-refractivity contribution in [2.75, 3.05) is 37.0 Å². The van der Waals surface area contributed by atoms with Gasteiger partial charge in [-0.2, -0.15) is 0 Å². The summed E-state index contributed by atoms with van der Waals surface area (Å²) >= 11 is 6.01. The van der Waals surface area contributed by atoms with E-state index in [0.29, 0.717) is 35.2 Å². The number of aliphatic hydroxyl groups excluding tert-OH is 1. The number of urea groups is 1. The van der Waals surface area contributed by atoms with Gasteiger partial charge in [-0.25, -0.2) is 14.6 Å². The van der Waals surface area contributed by atoms with Crippen molar-refractivity contribution < 1.29 is 24.2 Å². The number of aryl methyl sites for hydroxylation is 1. The van der Waals surface area contributed by atoms with E-state index >= 15 is 0 Å². The van der Waals surface area contributed by atoms with Crippen molar-refractivity contribution in [2.45, 2.75) is 13.3 Å². The molecule has 0 aliphatic rings. The largest absolute Gasteiger partial charge is 0.491 e. The van der Waals surface area contributed by atoms with Crippen molar-refractivity contribution >= 4 is 35.2 Å². The fourth-order valence-corrected chi connectivity index (χ4v) is 2.26. The van der Waals surface area contributed by atoms with Gasteiger partial charge in [-0.15, -0.1) is 0 Å². The third-order valence-corrected chi connectivity index (χ3v) is 3.62. The van der Waals surface area contributed by atoms with Gasteiger partial charge in [0.05, 0.1) is 37.0 Å². The maximum atomic E-state index is 12.2. The molecule has 1 heterocycles. The minimum atomic E-state index is -0.608. The second-order valence-corrected chi connectivity index (χ2v) is 6.19. The number of anilines is 2. The predicted molar refractivity (Wildman–Crippen MR) is 107 cm³/mol. The van der Waals surface area contributed by atoms with E-state index in [-0.39, 0.29) is 19.8 Å². The first-order valence-corrected chi connectivity index (χ1v) is 9.16. The standard InChI is InChI=1S/C18H22ClN5O5/c1-12-10-22-16(11-21-12)24-17(26)23-14-9-13(19)3-4-15(14)28-7-2-5-20-18(27)29-8-6-25/h3-4,9-11,25H,2,5-8H2,1H3,(H,20,27)(H2,22,23,24,26). The summed E-state index contributed by atoms with van der Waals surface area (Å²) in [5.74, 6) is 0.721. The molecule has 0 bridgehead atoms. The number of aromatic nitrogens is 2. The molecule has 0 spiro atoms. The van der Waals surface area contributed by atoms with Crippen molar-refractivity contribution in [3.8, 4) is 5.75 Å². The Hall–Kier alpha value is -3.11. The molecule has 1 aromatic carbocycles. The normalized spacial score (nSPS) is 10.2. The number of alkyl carbamates (subject to hydrolysis) is 1. The van der Waals surface area contributed by atoms with E-state index in [2.05, 4.69) is 30.7 Å². The van der Waals surface area contributed by atoms with Crippen LogP contribution in [0.5, 0.6) is 5.75 Å². The Labute approximate surface area is 172 Å². The van der Waals surface area contributed by atoms with E-state index in [1.807, 2.05) is 0 Å². The highest BCUT2D eigenvalue weighted by Gasteiger charge is 2.10. The lowest BCUT2D eigenvalue weighted by Crippen LogP contribution is -2.27. The number of rotatable bonds is 9. The molecule has 4 N–H and O–H groups in total. The maximum Gasteiger partial charge on any atom is 0.407 e. The topological polar surface area (TPSA) is 135 Å². The van der Waals surface area contributed by atoms with E-state index in [1.165, 1.54) is 12.4 Å². The SMILES string of the molecule is Cc1cnc(NC(=O)Nc2cc(Cl)ccc2OCCCNC(=O)OCCO)cn1. The molecule has 0 saturated heterocycles. The summed E-state index contributed by atoms with van der Waals surface area (Å²) in [6.07, 6.45) is 2.88. The first-order chi connectivity index (χ1) is 14.0. The fraction of sp³-hybridized carbons (Fsp3) is 0.333. The Bertz CT molecular complexity index is 819. The van der Waals surface area contributed by atoms with Crippen LogP contribution in [0.15, 0.2) is 30.6 Å². The minimum Gasteiger partial charge on any atom is -0.491 e. The van der Waals surface area contributed by atoms with Crippen LogP contribution >= 0.6 is 11.6 Å². The number of halogens is 1. The highest BCUT2D eigenvalue weighted by molar-refractivity contribution is 6.31. The third kappa shape index (κ3) is 8.20. The molecule has 0 saturated carbocycles. The van der Waals surface area contributed by atoms with Gasteiger partial charge in [0.15, 0.2) is 5.82 Å². The average Bonchev–Trinajstić information content (AvgIpc) is 2.69. The van der Waals surface area contributed by atoms with Gasteiger partial charge in [0, 0.05) is 11.6 Å². The zero-order chi connectivity index (χ0) is 21.1. The lowest BCUT2D eigenvalue weighted by molar-refractivity contribution is 0.119. The molecule has 1 aromatic heterocycles. The van der Waals surface area contributed by atoms with E-state index in [9.17, 15) is 9.59 Å². The van der Waals surface area contributed by atoms with Crippen LogP contribution in [0.2, 0.25) is 5.02 Å². The van der Waals surface area contributed by atoms with E-state index in [4.69, 9.17) is 21.4 Å². The number of carbonyl (C=O) groups excluding carboxylic acids is 2. The number of ether oxygens (including phenoxy) is 2. The number of hydrogen-bond acceptors (Lipinski definition) is 7. The molecule has 0 radical (unpaired) electrons. The lowest BCUT2D eigenvalue weighted by Gasteiger charge is -2.13. The molecule has 0 unspecified atom stereocenters. The number of benzene rings is 1. The Morgan fingerprint density at radius 3 is 2.72 bits per heavy atom. The quantitative estimate of drug-likeness (QED) is 0.455. The van der Waals surface area contributed by atoms with Crippen LogP contribution in [0.1, 0.15) is 12.1 Å². The van der Waals surface area contributed by atoms with E-state index in [1.54, 1.807) is 25.1 Å². The van der Waals surface area contributed by atoms with E-state index in [0.717, 1.165) is 5.69 Å². The zero-order valence-corrected chi connectivity index (χ0v) is 16.5. The Kier molecular flexibility index (Phi) is 8.93. The van der Waals surface area contributed by atoms with Crippen LogP contribution in [-0.4, -0.2) is 53.6 Å². The van der Waals surface area contributed by atoms with Gasteiger partial charge in [0.25, 0.3) is 0 Å². The summed E-state index contributed by atoms with van der Waals surface area (Å²) in [6.45, 7) is 2.11. The van der Waals surface area contributed by atoms with Crippen LogP contribution in [0.3, 0.4) is 0 Å². The summed E-state index contributed by atoms with van der Waals surface area (Å²) < 4.78 is 10.3. The van der Waals surface area contributed by atoms with Crippen molar-refractivity contribution in [3.05, 3.63) is 41.3 Å². The van der Waals surface area contributed by atoms with E-state index < -0.39 is 12.1 Å². The first-order valence-electron chi connectivity index (χ1n) is 8.78. The number of carbonyl (C=O) groups is 2. The van der Waals surface area contributed by atoms with Gasteiger partial charge >= 0.3 is 12.1 Å². The Morgan fingerprint density at radius 1 is 1.17 bits per heavy atom. The molecule has 2 rings (SSSR count). The first kappa shape index (κ1) is 22.2. The van der Waals surface area contributed by atoms with Gasteiger partial charge < -0.3 is 25.2 Å². The van der Waals surface area contributed by atoms with Crippen LogP contribution < -0.4 is 20.7 Å². The summed E-state index contributed by atoms with van der Waals surface area (Å²) in [5, 5.41) is 16.8. The summed E-state index contributed by atoms with van der Waals surface area (Å²) in [4.78, 5) is 31.6. The molecule has 29 heavy (non-hydrogen) atoms. The van der Waals surface area contributed by atoms with Crippen molar-refractivity contribution in [2.24, 2.45) is 0 Å². The van der Waals surface area contributed by atoms with Gasteiger partial charge in [0.1, 0.15) is 12.4 Å². The van der Waals surface area contributed by atoms with Crippen molar-refractivity contribution in [1.29, 1.82) is 0 Å². The maximum absolute atomic E-state index is 12.2. The highest BCUT2D eigenvalue weighted by atomic mass is 35.5. The number of amides is 3. The highest BCUT2D eigenvalue weighted by Crippen LogP contribution is 2.28. The van der Waals surface area contributed by atoms with Crippen LogP contribution in [0, 0.1) is 6.92 Å². The number of aliphatic hydroxyl groups is 1. The molecule has 0 aliphatic carbocycles. The van der Waals surface area contributed by atoms with Crippen molar-refractivity contribution in [1.82, 2.24) is 15.3 Å². The molecule has 2 aromatic rings. The molecule has 156 valence electrons. The molecule has 11 heteroatoms. The Morgan fingerprint density at radius 2 is 2.00 bits per heavy atom.